The monoisotopic (exact) mass is 519 g/mol. The van der Waals surface area contributed by atoms with Gasteiger partial charge in [-0.3, -0.25) is 9.69 Å². The van der Waals surface area contributed by atoms with Crippen LogP contribution in [0.15, 0.2) is 36.5 Å². The second kappa shape index (κ2) is 9.80. The van der Waals surface area contributed by atoms with Gasteiger partial charge in [0.1, 0.15) is 11.5 Å². The molecule has 38 heavy (non-hydrogen) atoms. The maximum atomic E-state index is 14.3. The standard InChI is InChI=1S/C29H34FN5O3/c1-33-14-24-27-22(23-12-18(30)6-7-25(23)33)8-9-31-29(27)32-28(24)17-10-19-4-3-5-20(11-17)35(19)15-26(38)34(2)13-21(37)16-36/h6-10,12,19-21,36-37H,3-5,11,13-16H2,1-2H3,(H,31,32). The summed E-state index contributed by atoms with van der Waals surface area (Å²) in [7, 11) is 3.71. The molecule has 5 heterocycles. The molecule has 2 bridgehead atoms. The molecule has 8 nitrogen and oxygen atoms in total. The van der Waals surface area contributed by atoms with Gasteiger partial charge in [0.25, 0.3) is 0 Å². The SMILES string of the molecule is CN(CC(O)CO)C(=O)CN1C2C=C(c3[nH]c4nccc5c4c3CN(C)c3ccc(F)cc3-5)CC1CCC2. The lowest BCUT2D eigenvalue weighted by atomic mass is 9.83. The second-order valence-electron chi connectivity index (χ2n) is 10.9. The predicted octanol–water partition coefficient (Wildman–Crippen LogP) is 3.14. The molecule has 3 unspecified atom stereocenters. The lowest BCUT2D eigenvalue weighted by Gasteiger charge is -2.45. The van der Waals surface area contributed by atoms with Gasteiger partial charge < -0.3 is 25.0 Å². The number of amides is 1. The summed E-state index contributed by atoms with van der Waals surface area (Å²) < 4.78 is 14.3. The molecule has 3 aliphatic heterocycles. The fraction of sp³-hybridized carbons (Fsp3) is 0.448. The van der Waals surface area contributed by atoms with E-state index in [4.69, 9.17) is 5.11 Å². The topological polar surface area (TPSA) is 95.9 Å². The van der Waals surface area contributed by atoms with Crippen LogP contribution in [0.1, 0.15) is 36.9 Å². The molecule has 3 atom stereocenters. The smallest absolute Gasteiger partial charge is 0.236 e. The van der Waals surface area contributed by atoms with Crippen LogP contribution in [0.25, 0.3) is 27.7 Å². The third kappa shape index (κ3) is 4.28. The third-order valence-electron chi connectivity index (χ3n) is 8.39. The Morgan fingerprint density at radius 2 is 2.13 bits per heavy atom. The van der Waals surface area contributed by atoms with E-state index >= 15 is 0 Å². The number of carbonyl (C=O) groups is 1. The molecule has 0 aliphatic carbocycles. The van der Waals surface area contributed by atoms with Gasteiger partial charge >= 0.3 is 0 Å². The predicted molar refractivity (Wildman–Crippen MR) is 145 cm³/mol. The number of H-pyrrole nitrogens is 1. The van der Waals surface area contributed by atoms with Gasteiger partial charge in [0.05, 0.1) is 19.3 Å². The van der Waals surface area contributed by atoms with Crippen molar-refractivity contribution in [2.75, 3.05) is 38.7 Å². The Morgan fingerprint density at radius 1 is 1.29 bits per heavy atom. The molecule has 0 radical (unpaired) electrons. The number of aromatic amines is 1. The van der Waals surface area contributed by atoms with Gasteiger partial charge in [-0.25, -0.2) is 9.37 Å². The molecule has 1 saturated heterocycles. The van der Waals surface area contributed by atoms with E-state index in [0.29, 0.717) is 13.1 Å². The van der Waals surface area contributed by atoms with E-state index in [9.17, 15) is 14.3 Å². The van der Waals surface area contributed by atoms with Gasteiger partial charge in [0, 0.05) is 73.4 Å². The van der Waals surface area contributed by atoms with Gasteiger partial charge in [0.15, 0.2) is 0 Å². The Hall–Kier alpha value is -3.27. The molecule has 3 aromatic rings. The molecular weight excluding hydrogens is 485 g/mol. The number of anilines is 1. The van der Waals surface area contributed by atoms with Crippen LogP contribution in [-0.2, 0) is 11.3 Å². The van der Waals surface area contributed by atoms with E-state index in [1.807, 2.05) is 19.2 Å². The molecule has 3 N–H and O–H groups in total. The minimum atomic E-state index is -0.932. The van der Waals surface area contributed by atoms with Crippen molar-refractivity contribution in [3.63, 3.8) is 0 Å². The summed E-state index contributed by atoms with van der Waals surface area (Å²) in [6.45, 7) is 0.729. The number of aliphatic hydroxyl groups is 2. The Balaban J connectivity index is 1.35. The number of nitrogens with zero attached hydrogens (tertiary/aromatic N) is 4. The molecule has 2 aromatic heterocycles. The summed E-state index contributed by atoms with van der Waals surface area (Å²) in [5.74, 6) is -0.306. The van der Waals surface area contributed by atoms with Crippen molar-refractivity contribution in [3.05, 3.63) is 53.6 Å². The Kier molecular flexibility index (Phi) is 6.45. The van der Waals surface area contributed by atoms with Crippen molar-refractivity contribution in [2.24, 2.45) is 0 Å². The average molecular weight is 520 g/mol. The first kappa shape index (κ1) is 25.0. The number of aliphatic hydroxyl groups excluding tert-OH is 2. The van der Waals surface area contributed by atoms with Crippen molar-refractivity contribution in [3.8, 4) is 11.1 Å². The van der Waals surface area contributed by atoms with Crippen LogP contribution in [0, 0.1) is 5.82 Å². The Morgan fingerprint density at radius 3 is 2.92 bits per heavy atom. The van der Waals surface area contributed by atoms with E-state index in [2.05, 4.69) is 25.8 Å². The highest BCUT2D eigenvalue weighted by Crippen LogP contribution is 2.45. The minimum Gasteiger partial charge on any atom is -0.394 e. The largest absolute Gasteiger partial charge is 0.394 e. The van der Waals surface area contributed by atoms with Gasteiger partial charge in [-0.05, 0) is 54.7 Å². The zero-order chi connectivity index (χ0) is 26.6. The zero-order valence-electron chi connectivity index (χ0n) is 21.8. The highest BCUT2D eigenvalue weighted by Gasteiger charge is 2.37. The van der Waals surface area contributed by atoms with Crippen LogP contribution in [0.2, 0.25) is 0 Å². The molecule has 200 valence electrons. The van der Waals surface area contributed by atoms with Crippen molar-refractivity contribution >= 4 is 28.2 Å². The fourth-order valence-electron chi connectivity index (χ4n) is 6.52. The summed E-state index contributed by atoms with van der Waals surface area (Å²) in [5.41, 5.74) is 7.18. The van der Waals surface area contributed by atoms with E-state index in [-0.39, 0.29) is 37.0 Å². The summed E-state index contributed by atoms with van der Waals surface area (Å²) in [5, 5.41) is 19.9. The summed E-state index contributed by atoms with van der Waals surface area (Å²) in [6, 6.07) is 7.34. The van der Waals surface area contributed by atoms with Crippen LogP contribution >= 0.6 is 0 Å². The van der Waals surface area contributed by atoms with Crippen LogP contribution in [0.4, 0.5) is 10.1 Å². The Labute approximate surface area is 221 Å². The van der Waals surface area contributed by atoms with Crippen molar-refractivity contribution in [1.29, 1.82) is 0 Å². The first-order chi connectivity index (χ1) is 18.3. The number of rotatable bonds is 6. The number of likely N-dealkylation sites (N-methyl/N-ethyl adjacent to an activating group) is 1. The molecule has 9 heteroatoms. The van der Waals surface area contributed by atoms with Crippen LogP contribution < -0.4 is 4.90 Å². The summed E-state index contributed by atoms with van der Waals surface area (Å²) in [4.78, 5) is 27.2. The van der Waals surface area contributed by atoms with Crippen LogP contribution in [0.3, 0.4) is 0 Å². The maximum absolute atomic E-state index is 14.3. The van der Waals surface area contributed by atoms with E-state index < -0.39 is 6.10 Å². The first-order valence-corrected chi connectivity index (χ1v) is 13.3. The molecule has 0 spiro atoms. The normalized spacial score (nSPS) is 21.6. The highest BCUT2D eigenvalue weighted by molar-refractivity contribution is 6.02. The second-order valence-corrected chi connectivity index (χ2v) is 10.9. The van der Waals surface area contributed by atoms with E-state index in [1.165, 1.54) is 22.1 Å². The number of nitrogens with one attached hydrogen (secondary N) is 1. The molecule has 3 aliphatic rings. The van der Waals surface area contributed by atoms with E-state index in [1.54, 1.807) is 19.3 Å². The van der Waals surface area contributed by atoms with E-state index in [0.717, 1.165) is 59.2 Å². The maximum Gasteiger partial charge on any atom is 0.236 e. The van der Waals surface area contributed by atoms with Gasteiger partial charge in [-0.2, -0.15) is 0 Å². The van der Waals surface area contributed by atoms with Crippen molar-refractivity contribution in [2.45, 2.75) is 50.4 Å². The quantitative estimate of drug-likeness (QED) is 0.463. The fourth-order valence-corrected chi connectivity index (χ4v) is 6.52. The van der Waals surface area contributed by atoms with Gasteiger partial charge in [-0.1, -0.05) is 12.5 Å². The molecule has 1 fully saturated rings. The molecule has 1 aromatic carbocycles. The third-order valence-corrected chi connectivity index (χ3v) is 8.39. The van der Waals surface area contributed by atoms with Gasteiger partial charge in [0.2, 0.25) is 5.91 Å². The van der Waals surface area contributed by atoms with Crippen molar-refractivity contribution in [1.82, 2.24) is 19.8 Å². The van der Waals surface area contributed by atoms with Crippen LogP contribution in [0.5, 0.6) is 0 Å². The first-order valence-electron chi connectivity index (χ1n) is 13.3. The van der Waals surface area contributed by atoms with Crippen LogP contribution in [-0.4, -0.2) is 87.9 Å². The number of hydrogen-bond acceptors (Lipinski definition) is 6. The lowest BCUT2D eigenvalue weighted by molar-refractivity contribution is -0.134. The highest BCUT2D eigenvalue weighted by atomic mass is 19.1. The zero-order valence-corrected chi connectivity index (χ0v) is 21.8. The minimum absolute atomic E-state index is 0.0519. The number of aromatic nitrogens is 2. The number of fused-ring (bicyclic) bond motifs is 4. The number of carbonyl (C=O) groups excluding carboxylic acids is 1. The average Bonchev–Trinajstić information content (AvgIpc) is 3.20. The molecule has 1 amide bonds. The molecule has 6 rings (SSSR count). The molecular formula is C29H34FN5O3. The number of hydrogen-bond donors (Lipinski definition) is 3. The number of halogens is 1. The number of piperidine rings is 1. The number of pyridine rings is 1. The Bertz CT molecular complexity index is 1420. The van der Waals surface area contributed by atoms with Crippen molar-refractivity contribution < 1.29 is 19.4 Å². The molecule has 0 saturated carbocycles. The lowest BCUT2D eigenvalue weighted by Crippen LogP contribution is -2.53. The number of benzene rings is 1. The summed E-state index contributed by atoms with van der Waals surface area (Å²) >= 11 is 0. The van der Waals surface area contributed by atoms with Gasteiger partial charge in [-0.15, -0.1) is 0 Å². The summed E-state index contributed by atoms with van der Waals surface area (Å²) in [6.07, 6.45) is 7.12.